The summed E-state index contributed by atoms with van der Waals surface area (Å²) in [4.78, 5) is 10.9. The van der Waals surface area contributed by atoms with Gasteiger partial charge in [-0.15, -0.1) is 0 Å². The van der Waals surface area contributed by atoms with Crippen LogP contribution >= 0.6 is 0 Å². The number of hydrogen-bond donors (Lipinski definition) is 2. The average Bonchev–Trinajstić information content (AvgIpc) is 2.05. The maximum atomic E-state index is 10.9. The van der Waals surface area contributed by atoms with Crippen molar-refractivity contribution in [2.45, 2.75) is 6.92 Å². The van der Waals surface area contributed by atoms with Crippen LogP contribution in [-0.4, -0.2) is 57.3 Å². The van der Waals surface area contributed by atoms with Gasteiger partial charge in [-0.25, -0.2) is 5.84 Å². The zero-order chi connectivity index (χ0) is 8.27. The minimum absolute atomic E-state index is 0. The first-order valence-corrected chi connectivity index (χ1v) is 3.31. The van der Waals surface area contributed by atoms with E-state index in [-0.39, 0.29) is 57.3 Å². The van der Waals surface area contributed by atoms with Gasteiger partial charge in [0.1, 0.15) is 0 Å². The monoisotopic (exact) mass is 189 g/mol. The van der Waals surface area contributed by atoms with Gasteiger partial charge in [0.15, 0.2) is 0 Å². The third-order valence-corrected chi connectivity index (χ3v) is 1.44. The van der Waals surface area contributed by atoms with Crippen molar-refractivity contribution in [1.29, 1.82) is 0 Å². The molecule has 1 rings (SSSR count). The van der Waals surface area contributed by atoms with E-state index in [0.717, 1.165) is 5.56 Å². The molecule has 1 radical (unpaired) electrons. The molecule has 0 atom stereocenters. The molecule has 0 saturated heterocycles. The summed E-state index contributed by atoms with van der Waals surface area (Å²) >= 11 is 0. The predicted molar refractivity (Wildman–Crippen MR) is 48.6 cm³/mol. The molecule has 0 saturated carbocycles. The van der Waals surface area contributed by atoms with Crippen LogP contribution in [0.1, 0.15) is 15.9 Å². The van der Waals surface area contributed by atoms with E-state index < -0.39 is 0 Å². The quantitative estimate of drug-likeness (QED) is 0.287. The number of hydrogen-bond acceptors (Lipinski definition) is 2. The molecule has 0 aliphatic carbocycles. The summed E-state index contributed by atoms with van der Waals surface area (Å²) in [5.74, 6) is 4.68. The maximum Gasteiger partial charge on any atom is 0.265 e. The number of benzene rings is 1. The zero-order valence-corrected chi connectivity index (χ0v) is 10.4. The van der Waals surface area contributed by atoms with Crippen LogP contribution in [0.15, 0.2) is 24.3 Å². The molecule has 0 aliphatic heterocycles. The van der Waals surface area contributed by atoms with Gasteiger partial charge in [-0.2, -0.15) is 0 Å². The third-order valence-electron chi connectivity index (χ3n) is 1.44. The summed E-state index contributed by atoms with van der Waals surface area (Å²) in [7, 11) is 0. The van der Waals surface area contributed by atoms with Crippen molar-refractivity contribution < 1.29 is 4.79 Å². The normalized spacial score (nSPS) is 8.50. The van der Waals surface area contributed by atoms with E-state index in [1.165, 1.54) is 0 Å². The molecule has 0 heterocycles. The molecule has 0 spiro atoms. The van der Waals surface area contributed by atoms with Crippen molar-refractivity contribution >= 4 is 57.3 Å². The number of nitrogen functional groups attached to an aromatic ring is 1. The standard InChI is InChI=1S/C8H10N2O.K/c1-6-2-4-7(5-3-6)8(11)10-9;/h2-5H,9H2,1H3,(H,10,11);. The van der Waals surface area contributed by atoms with Crippen molar-refractivity contribution in [2.24, 2.45) is 5.84 Å². The van der Waals surface area contributed by atoms with E-state index in [0.29, 0.717) is 5.56 Å². The Morgan fingerprint density at radius 2 is 1.83 bits per heavy atom. The van der Waals surface area contributed by atoms with Gasteiger partial charge in [-0.1, -0.05) is 17.7 Å². The molecule has 1 amide bonds. The molecule has 0 aromatic heterocycles. The number of nitrogens with two attached hydrogens (primary N) is 1. The van der Waals surface area contributed by atoms with Crippen LogP contribution in [0.25, 0.3) is 0 Å². The number of carbonyl (C=O) groups excluding carboxylic acids is 1. The van der Waals surface area contributed by atoms with Crippen LogP contribution in [0, 0.1) is 6.92 Å². The van der Waals surface area contributed by atoms with E-state index in [9.17, 15) is 4.79 Å². The summed E-state index contributed by atoms with van der Waals surface area (Å²) in [6.07, 6.45) is 0. The molecule has 4 heteroatoms. The van der Waals surface area contributed by atoms with Crippen molar-refractivity contribution in [1.82, 2.24) is 5.43 Å². The van der Waals surface area contributed by atoms with Gasteiger partial charge in [0.25, 0.3) is 5.91 Å². The van der Waals surface area contributed by atoms with Crippen molar-refractivity contribution in [2.75, 3.05) is 0 Å². The Morgan fingerprint density at radius 3 is 2.25 bits per heavy atom. The maximum absolute atomic E-state index is 10.9. The molecular formula is C8H10KN2O. The topological polar surface area (TPSA) is 55.1 Å². The van der Waals surface area contributed by atoms with E-state index in [1.807, 2.05) is 19.1 Å². The zero-order valence-electron chi connectivity index (χ0n) is 7.29. The molecular weight excluding hydrogens is 179 g/mol. The summed E-state index contributed by atoms with van der Waals surface area (Å²) < 4.78 is 0. The van der Waals surface area contributed by atoms with Crippen LogP contribution < -0.4 is 11.3 Å². The van der Waals surface area contributed by atoms with E-state index in [4.69, 9.17) is 5.84 Å². The Bertz CT molecular complexity index is 258. The summed E-state index contributed by atoms with van der Waals surface area (Å²) in [5, 5.41) is 0. The number of carbonyl (C=O) groups is 1. The first-order chi connectivity index (χ1) is 5.24. The number of amides is 1. The Labute approximate surface area is 114 Å². The first-order valence-electron chi connectivity index (χ1n) is 3.31. The van der Waals surface area contributed by atoms with Crippen LogP contribution in [0.3, 0.4) is 0 Å². The summed E-state index contributed by atoms with van der Waals surface area (Å²) in [6.45, 7) is 1.96. The molecule has 0 fully saturated rings. The van der Waals surface area contributed by atoms with E-state index >= 15 is 0 Å². The SMILES string of the molecule is Cc1ccc(C(=O)NN)cc1.[K]. The first kappa shape index (κ1) is 12.3. The second-order valence-corrected chi connectivity index (χ2v) is 2.34. The van der Waals surface area contributed by atoms with E-state index in [1.54, 1.807) is 12.1 Å². The smallest absolute Gasteiger partial charge is 0.265 e. The number of nitrogens with one attached hydrogen (secondary N) is 1. The molecule has 0 aliphatic rings. The van der Waals surface area contributed by atoms with Crippen molar-refractivity contribution in [3.63, 3.8) is 0 Å². The third kappa shape index (κ3) is 3.34. The van der Waals surface area contributed by atoms with Gasteiger partial charge in [0.2, 0.25) is 0 Å². The minimum Gasteiger partial charge on any atom is -0.290 e. The van der Waals surface area contributed by atoms with Gasteiger partial charge in [-0.05, 0) is 19.1 Å². The molecule has 1 aromatic rings. The number of hydrazine groups is 1. The van der Waals surface area contributed by atoms with Crippen LogP contribution in [0.4, 0.5) is 0 Å². The van der Waals surface area contributed by atoms with Gasteiger partial charge in [0, 0.05) is 56.9 Å². The molecule has 3 nitrogen and oxygen atoms in total. The fraction of sp³-hybridized carbons (Fsp3) is 0.125. The fourth-order valence-electron chi connectivity index (χ4n) is 0.788. The largest absolute Gasteiger partial charge is 0.290 e. The summed E-state index contributed by atoms with van der Waals surface area (Å²) in [6, 6.07) is 7.20. The number of aryl methyl sites for hydroxylation is 1. The molecule has 59 valence electrons. The van der Waals surface area contributed by atoms with Gasteiger partial charge in [0.05, 0.1) is 0 Å². The molecule has 0 bridgehead atoms. The van der Waals surface area contributed by atoms with Crippen LogP contribution in [0.5, 0.6) is 0 Å². The second kappa shape index (κ2) is 5.85. The Morgan fingerprint density at radius 1 is 1.33 bits per heavy atom. The Balaban J connectivity index is 0.00000121. The molecule has 0 unspecified atom stereocenters. The van der Waals surface area contributed by atoms with E-state index in [2.05, 4.69) is 5.43 Å². The molecule has 3 N–H and O–H groups in total. The average molecular weight is 189 g/mol. The molecule has 1 aromatic carbocycles. The van der Waals surface area contributed by atoms with Gasteiger partial charge in [-0.3, -0.25) is 10.2 Å². The predicted octanol–water partition coefficient (Wildman–Crippen LogP) is 0.218. The number of rotatable bonds is 1. The van der Waals surface area contributed by atoms with Gasteiger partial charge >= 0.3 is 0 Å². The summed E-state index contributed by atoms with van der Waals surface area (Å²) in [5.41, 5.74) is 3.77. The van der Waals surface area contributed by atoms with Crippen LogP contribution in [0.2, 0.25) is 0 Å². The van der Waals surface area contributed by atoms with Crippen LogP contribution in [-0.2, 0) is 0 Å². The molecule has 12 heavy (non-hydrogen) atoms. The fourth-order valence-corrected chi connectivity index (χ4v) is 0.788. The van der Waals surface area contributed by atoms with Gasteiger partial charge < -0.3 is 0 Å². The van der Waals surface area contributed by atoms with Crippen molar-refractivity contribution in [3.05, 3.63) is 35.4 Å². The Kier molecular flexibility index (Phi) is 5.99. The van der Waals surface area contributed by atoms with Crippen molar-refractivity contribution in [3.8, 4) is 0 Å². The minimum atomic E-state index is -0.259. The second-order valence-electron chi connectivity index (χ2n) is 2.34. The Hall–Kier alpha value is 0.286.